The van der Waals surface area contributed by atoms with Crippen molar-refractivity contribution in [1.29, 1.82) is 0 Å². The highest BCUT2D eigenvalue weighted by molar-refractivity contribution is 6.30. The van der Waals surface area contributed by atoms with Gasteiger partial charge in [0.2, 0.25) is 0 Å². The van der Waals surface area contributed by atoms with Crippen molar-refractivity contribution in [1.82, 2.24) is 9.78 Å². The lowest BCUT2D eigenvalue weighted by molar-refractivity contribution is 0.102. The fraction of sp³-hybridized carbons (Fsp3) is 0.238. The van der Waals surface area contributed by atoms with E-state index in [0.29, 0.717) is 22.2 Å². The fourth-order valence-corrected chi connectivity index (χ4v) is 3.44. The van der Waals surface area contributed by atoms with Gasteiger partial charge < -0.3 is 10.1 Å². The highest BCUT2D eigenvalue weighted by Gasteiger charge is 2.19. The number of nitrogens with one attached hydrogen (secondary N) is 1. The molecule has 0 aliphatic heterocycles. The average molecular weight is 382 g/mol. The molecule has 0 saturated heterocycles. The molecule has 1 aliphatic rings. The van der Waals surface area contributed by atoms with Crippen molar-refractivity contribution in [3.8, 4) is 11.4 Å². The summed E-state index contributed by atoms with van der Waals surface area (Å²) in [5.41, 5.74) is 1.78. The summed E-state index contributed by atoms with van der Waals surface area (Å²) in [6.45, 7) is 0. The maximum absolute atomic E-state index is 12.6. The molecule has 1 saturated carbocycles. The van der Waals surface area contributed by atoms with Crippen molar-refractivity contribution in [2.75, 3.05) is 5.32 Å². The summed E-state index contributed by atoms with van der Waals surface area (Å²) in [4.78, 5) is 12.6. The van der Waals surface area contributed by atoms with E-state index in [9.17, 15) is 4.79 Å². The van der Waals surface area contributed by atoms with Crippen LogP contribution in [0.25, 0.3) is 5.69 Å². The second kappa shape index (κ2) is 7.84. The SMILES string of the molecule is O=C(Nc1ccccc1OC1CCCC1)c1ccn(-c2cccc(Cl)c2)n1. The number of anilines is 1. The summed E-state index contributed by atoms with van der Waals surface area (Å²) >= 11 is 6.02. The molecule has 27 heavy (non-hydrogen) atoms. The molecule has 6 heteroatoms. The van der Waals surface area contributed by atoms with Crippen molar-refractivity contribution in [3.05, 3.63) is 71.5 Å². The van der Waals surface area contributed by atoms with Crippen LogP contribution in [0.4, 0.5) is 5.69 Å². The van der Waals surface area contributed by atoms with Gasteiger partial charge in [-0.05, 0) is 62.1 Å². The van der Waals surface area contributed by atoms with Crippen LogP contribution in [-0.2, 0) is 0 Å². The van der Waals surface area contributed by atoms with Crippen molar-refractivity contribution in [3.63, 3.8) is 0 Å². The highest BCUT2D eigenvalue weighted by Crippen LogP contribution is 2.30. The lowest BCUT2D eigenvalue weighted by Crippen LogP contribution is -2.16. The number of hydrogen-bond donors (Lipinski definition) is 1. The lowest BCUT2D eigenvalue weighted by Gasteiger charge is -2.16. The molecule has 5 nitrogen and oxygen atoms in total. The van der Waals surface area contributed by atoms with Crippen molar-refractivity contribution in [2.45, 2.75) is 31.8 Å². The smallest absolute Gasteiger partial charge is 0.276 e. The van der Waals surface area contributed by atoms with Crippen molar-refractivity contribution in [2.24, 2.45) is 0 Å². The Balaban J connectivity index is 1.50. The van der Waals surface area contributed by atoms with Gasteiger partial charge in [0.25, 0.3) is 5.91 Å². The van der Waals surface area contributed by atoms with E-state index in [4.69, 9.17) is 16.3 Å². The second-order valence-electron chi connectivity index (χ2n) is 6.60. The molecule has 0 spiro atoms. The Kier molecular flexibility index (Phi) is 5.12. The standard InChI is InChI=1S/C21H20ClN3O2/c22-15-6-5-7-16(14-15)25-13-12-19(24-25)21(26)23-18-10-3-4-11-20(18)27-17-8-1-2-9-17/h3-7,10-14,17H,1-2,8-9H2,(H,23,26). The molecule has 1 amide bonds. The number of carbonyl (C=O) groups excluding carboxylic acids is 1. The summed E-state index contributed by atoms with van der Waals surface area (Å²) < 4.78 is 7.70. The van der Waals surface area contributed by atoms with E-state index in [1.807, 2.05) is 36.4 Å². The predicted molar refractivity (Wildman–Crippen MR) is 106 cm³/mol. The van der Waals surface area contributed by atoms with E-state index in [0.717, 1.165) is 18.5 Å². The maximum Gasteiger partial charge on any atom is 0.276 e. The summed E-state index contributed by atoms with van der Waals surface area (Å²) in [5, 5.41) is 7.88. The highest BCUT2D eigenvalue weighted by atomic mass is 35.5. The van der Waals surface area contributed by atoms with Crippen LogP contribution in [0.1, 0.15) is 36.2 Å². The van der Waals surface area contributed by atoms with Gasteiger partial charge in [-0.1, -0.05) is 29.8 Å². The van der Waals surface area contributed by atoms with Crippen LogP contribution in [0, 0.1) is 0 Å². The van der Waals surface area contributed by atoms with Gasteiger partial charge in [-0.3, -0.25) is 4.79 Å². The van der Waals surface area contributed by atoms with E-state index in [2.05, 4.69) is 10.4 Å². The van der Waals surface area contributed by atoms with Gasteiger partial charge in [-0.15, -0.1) is 0 Å². The lowest BCUT2D eigenvalue weighted by atomic mass is 10.2. The first-order valence-corrected chi connectivity index (χ1v) is 9.45. The normalized spacial score (nSPS) is 14.3. The molecule has 1 fully saturated rings. The number of hydrogen-bond acceptors (Lipinski definition) is 3. The van der Waals surface area contributed by atoms with E-state index >= 15 is 0 Å². The zero-order chi connectivity index (χ0) is 18.6. The summed E-state index contributed by atoms with van der Waals surface area (Å²) in [6.07, 6.45) is 6.48. The predicted octanol–water partition coefficient (Wildman–Crippen LogP) is 5.10. The maximum atomic E-state index is 12.6. The molecule has 2 aromatic carbocycles. The number of para-hydroxylation sites is 2. The number of rotatable bonds is 5. The van der Waals surface area contributed by atoms with E-state index in [-0.39, 0.29) is 12.0 Å². The zero-order valence-corrected chi connectivity index (χ0v) is 15.5. The molecular formula is C21H20ClN3O2. The number of ether oxygens (including phenoxy) is 1. The van der Waals surface area contributed by atoms with Crippen LogP contribution in [0.15, 0.2) is 60.8 Å². The topological polar surface area (TPSA) is 56.1 Å². The number of benzene rings is 2. The fourth-order valence-electron chi connectivity index (χ4n) is 3.25. The molecule has 0 bridgehead atoms. The largest absolute Gasteiger partial charge is 0.488 e. The van der Waals surface area contributed by atoms with Crippen LogP contribution in [-0.4, -0.2) is 21.8 Å². The summed E-state index contributed by atoms with van der Waals surface area (Å²) in [7, 11) is 0. The summed E-state index contributed by atoms with van der Waals surface area (Å²) in [6, 6.07) is 16.5. The Morgan fingerprint density at radius 1 is 1.11 bits per heavy atom. The van der Waals surface area contributed by atoms with Gasteiger partial charge in [-0.2, -0.15) is 5.10 Å². The van der Waals surface area contributed by atoms with E-state index in [1.165, 1.54) is 12.8 Å². The van der Waals surface area contributed by atoms with Gasteiger partial charge in [0, 0.05) is 11.2 Å². The van der Waals surface area contributed by atoms with Crippen molar-refractivity contribution >= 4 is 23.2 Å². The minimum Gasteiger partial charge on any atom is -0.488 e. The Morgan fingerprint density at radius 3 is 2.74 bits per heavy atom. The van der Waals surface area contributed by atoms with Crippen LogP contribution in [0.5, 0.6) is 5.75 Å². The minimum atomic E-state index is -0.279. The average Bonchev–Trinajstić information content (AvgIpc) is 3.35. The van der Waals surface area contributed by atoms with E-state index in [1.54, 1.807) is 29.1 Å². The zero-order valence-electron chi connectivity index (χ0n) is 14.8. The van der Waals surface area contributed by atoms with Crippen LogP contribution in [0.3, 0.4) is 0 Å². The van der Waals surface area contributed by atoms with Gasteiger partial charge in [0.05, 0.1) is 17.5 Å². The Hall–Kier alpha value is -2.79. The molecule has 1 heterocycles. The number of aromatic nitrogens is 2. The second-order valence-corrected chi connectivity index (χ2v) is 7.04. The van der Waals surface area contributed by atoms with Crippen LogP contribution in [0.2, 0.25) is 5.02 Å². The third-order valence-corrected chi connectivity index (χ3v) is 4.86. The first-order chi connectivity index (χ1) is 13.2. The Morgan fingerprint density at radius 2 is 1.93 bits per heavy atom. The Labute approximate surface area is 162 Å². The molecule has 1 aromatic heterocycles. The number of nitrogens with zero attached hydrogens (tertiary/aromatic N) is 2. The van der Waals surface area contributed by atoms with Gasteiger partial charge in [0.1, 0.15) is 5.75 Å². The molecule has 4 rings (SSSR count). The van der Waals surface area contributed by atoms with Gasteiger partial charge in [0.15, 0.2) is 5.69 Å². The van der Waals surface area contributed by atoms with Crippen LogP contribution >= 0.6 is 11.6 Å². The summed E-state index contributed by atoms with van der Waals surface area (Å²) in [5.74, 6) is 0.422. The van der Waals surface area contributed by atoms with Crippen molar-refractivity contribution < 1.29 is 9.53 Å². The third kappa shape index (κ3) is 4.14. The number of amides is 1. The van der Waals surface area contributed by atoms with Gasteiger partial charge >= 0.3 is 0 Å². The van der Waals surface area contributed by atoms with E-state index < -0.39 is 0 Å². The molecule has 0 atom stereocenters. The van der Waals surface area contributed by atoms with Gasteiger partial charge in [-0.25, -0.2) is 4.68 Å². The molecule has 0 unspecified atom stereocenters. The molecule has 1 aliphatic carbocycles. The third-order valence-electron chi connectivity index (χ3n) is 4.63. The number of carbonyl (C=O) groups is 1. The molecule has 138 valence electrons. The molecular weight excluding hydrogens is 362 g/mol. The molecule has 3 aromatic rings. The minimum absolute atomic E-state index is 0.227. The van der Waals surface area contributed by atoms with Crippen LogP contribution < -0.4 is 10.1 Å². The monoisotopic (exact) mass is 381 g/mol. The quantitative estimate of drug-likeness (QED) is 0.669. The molecule has 1 N–H and O–H groups in total. The first-order valence-electron chi connectivity index (χ1n) is 9.08. The Bertz CT molecular complexity index is 948. The number of halogens is 1. The molecule has 0 radical (unpaired) electrons. The first kappa shape index (κ1) is 17.6.